The summed E-state index contributed by atoms with van der Waals surface area (Å²) in [5.74, 6) is 0.600. The second-order valence-electron chi connectivity index (χ2n) is 7.92. The molecule has 0 unspecified atom stereocenters. The maximum Gasteiger partial charge on any atom is 0.228 e. The van der Waals surface area contributed by atoms with Gasteiger partial charge in [0.25, 0.3) is 0 Å². The van der Waals surface area contributed by atoms with Crippen molar-refractivity contribution in [3.63, 3.8) is 0 Å². The number of carbonyl (C=O) groups is 1. The molecule has 0 spiro atoms. The first-order valence-corrected chi connectivity index (χ1v) is 11.5. The van der Waals surface area contributed by atoms with Crippen LogP contribution in [0.1, 0.15) is 18.4 Å². The molecule has 0 bridgehead atoms. The Bertz CT molecular complexity index is 1060. The maximum absolute atomic E-state index is 12.6. The maximum atomic E-state index is 12.6. The van der Waals surface area contributed by atoms with Gasteiger partial charge in [-0.3, -0.25) is 14.4 Å². The average Bonchev–Trinajstić information content (AvgIpc) is 3.40. The van der Waals surface area contributed by atoms with Crippen LogP contribution >= 0.6 is 23.2 Å². The van der Waals surface area contributed by atoms with Crippen LogP contribution in [-0.4, -0.2) is 46.8 Å². The van der Waals surface area contributed by atoms with Crippen LogP contribution < -0.4 is 10.1 Å². The Balaban J connectivity index is 1.51. The van der Waals surface area contributed by atoms with Crippen molar-refractivity contribution in [3.05, 3.63) is 64.3 Å². The molecule has 1 amide bonds. The van der Waals surface area contributed by atoms with E-state index in [1.165, 1.54) is 12.8 Å². The van der Waals surface area contributed by atoms with E-state index in [9.17, 15) is 4.79 Å². The van der Waals surface area contributed by atoms with Crippen molar-refractivity contribution in [1.29, 1.82) is 0 Å². The van der Waals surface area contributed by atoms with Gasteiger partial charge in [0.1, 0.15) is 12.4 Å². The van der Waals surface area contributed by atoms with Crippen molar-refractivity contribution < 1.29 is 9.53 Å². The molecule has 1 N–H and O–H groups in total. The van der Waals surface area contributed by atoms with Gasteiger partial charge in [0.05, 0.1) is 23.3 Å². The fourth-order valence-electron chi connectivity index (χ4n) is 3.92. The minimum atomic E-state index is -0.114. The average molecular weight is 473 g/mol. The van der Waals surface area contributed by atoms with Crippen LogP contribution in [0.25, 0.3) is 11.3 Å². The Hall–Kier alpha value is -2.54. The zero-order valence-electron chi connectivity index (χ0n) is 18.0. The largest absolute Gasteiger partial charge is 0.492 e. The van der Waals surface area contributed by atoms with E-state index < -0.39 is 0 Å². The van der Waals surface area contributed by atoms with Crippen LogP contribution in [0, 0.1) is 0 Å². The molecule has 8 heteroatoms. The van der Waals surface area contributed by atoms with Gasteiger partial charge in [0.2, 0.25) is 5.91 Å². The lowest BCUT2D eigenvalue weighted by Crippen LogP contribution is -2.25. The van der Waals surface area contributed by atoms with Gasteiger partial charge in [-0.05, 0) is 61.8 Å². The summed E-state index contributed by atoms with van der Waals surface area (Å²) in [6.45, 7) is 3.73. The molecule has 1 saturated heterocycles. The summed E-state index contributed by atoms with van der Waals surface area (Å²) in [6.07, 6.45) is 4.37. The molecule has 0 radical (unpaired) electrons. The van der Waals surface area contributed by atoms with Crippen molar-refractivity contribution >= 4 is 34.8 Å². The Labute approximate surface area is 198 Å². The Morgan fingerprint density at radius 1 is 1.12 bits per heavy atom. The fraction of sp³-hybridized carbons (Fsp3) is 0.333. The van der Waals surface area contributed by atoms with E-state index >= 15 is 0 Å². The second kappa shape index (κ2) is 10.4. The molecule has 1 aromatic heterocycles. The summed E-state index contributed by atoms with van der Waals surface area (Å²) in [6, 6.07) is 12.9. The van der Waals surface area contributed by atoms with E-state index in [0.29, 0.717) is 28.1 Å². The van der Waals surface area contributed by atoms with Gasteiger partial charge in [0, 0.05) is 29.9 Å². The third kappa shape index (κ3) is 5.63. The van der Waals surface area contributed by atoms with E-state index in [1.54, 1.807) is 23.0 Å². The number of rotatable bonds is 8. The number of aryl methyl sites for hydroxylation is 1. The summed E-state index contributed by atoms with van der Waals surface area (Å²) in [5, 5.41) is 8.39. The summed E-state index contributed by atoms with van der Waals surface area (Å²) < 4.78 is 7.85. The van der Waals surface area contributed by atoms with Gasteiger partial charge in [-0.2, -0.15) is 5.10 Å². The first-order valence-electron chi connectivity index (χ1n) is 10.7. The number of carbonyl (C=O) groups excluding carboxylic acids is 1. The summed E-state index contributed by atoms with van der Waals surface area (Å²) in [5.41, 5.74) is 3.10. The van der Waals surface area contributed by atoms with E-state index in [4.69, 9.17) is 27.9 Å². The molecule has 0 saturated carbocycles. The topological polar surface area (TPSA) is 59.4 Å². The highest BCUT2D eigenvalue weighted by molar-refractivity contribution is 6.33. The van der Waals surface area contributed by atoms with E-state index in [0.717, 1.165) is 36.5 Å². The molecular weight excluding hydrogens is 447 g/mol. The monoisotopic (exact) mass is 472 g/mol. The van der Waals surface area contributed by atoms with Crippen molar-refractivity contribution in [1.82, 2.24) is 14.7 Å². The molecule has 32 heavy (non-hydrogen) atoms. The molecule has 168 valence electrons. The second-order valence-corrected chi connectivity index (χ2v) is 8.77. The third-order valence-electron chi connectivity index (χ3n) is 5.55. The van der Waals surface area contributed by atoms with Gasteiger partial charge >= 0.3 is 0 Å². The van der Waals surface area contributed by atoms with E-state index in [1.807, 2.05) is 37.4 Å². The number of halogens is 2. The standard InChI is InChI=1S/C24H26Cl2N4O2/c1-29-24(21(26)16-27-29)20-15-19(28-23(31)14-17-4-6-18(25)7-5-17)8-9-22(20)32-13-12-30-10-2-3-11-30/h4-9,15-16H,2-3,10-14H2,1H3,(H,28,31). The van der Waals surface area contributed by atoms with Crippen LogP contribution in [0.4, 0.5) is 5.69 Å². The molecule has 0 atom stereocenters. The highest BCUT2D eigenvalue weighted by atomic mass is 35.5. The summed E-state index contributed by atoms with van der Waals surface area (Å²) in [4.78, 5) is 15.0. The molecule has 6 nitrogen and oxygen atoms in total. The van der Waals surface area contributed by atoms with Gasteiger partial charge < -0.3 is 10.1 Å². The number of hydrogen-bond acceptors (Lipinski definition) is 4. The van der Waals surface area contributed by atoms with Gasteiger partial charge in [-0.15, -0.1) is 0 Å². The zero-order valence-corrected chi connectivity index (χ0v) is 19.5. The highest BCUT2D eigenvalue weighted by Gasteiger charge is 2.17. The Kier molecular flexibility index (Phi) is 7.35. The number of hydrogen-bond donors (Lipinski definition) is 1. The predicted octanol–water partition coefficient (Wildman–Crippen LogP) is 5.05. The number of nitrogens with one attached hydrogen (secondary N) is 1. The molecule has 4 rings (SSSR count). The van der Waals surface area contributed by atoms with Gasteiger partial charge in [-0.25, -0.2) is 0 Å². The lowest BCUT2D eigenvalue weighted by molar-refractivity contribution is -0.115. The number of anilines is 1. The zero-order chi connectivity index (χ0) is 22.5. The van der Waals surface area contributed by atoms with Crippen LogP contribution in [0.5, 0.6) is 5.75 Å². The molecular formula is C24H26Cl2N4O2. The summed E-state index contributed by atoms with van der Waals surface area (Å²) >= 11 is 12.3. The number of benzene rings is 2. The molecule has 1 fully saturated rings. The quantitative estimate of drug-likeness (QED) is 0.498. The normalized spacial score (nSPS) is 14.0. The van der Waals surface area contributed by atoms with Crippen LogP contribution in [0.2, 0.25) is 10.0 Å². The lowest BCUT2D eigenvalue weighted by Gasteiger charge is -2.18. The Morgan fingerprint density at radius 2 is 1.88 bits per heavy atom. The van der Waals surface area contributed by atoms with E-state index in [2.05, 4.69) is 15.3 Å². The fourth-order valence-corrected chi connectivity index (χ4v) is 4.31. The lowest BCUT2D eigenvalue weighted by atomic mass is 10.1. The van der Waals surface area contributed by atoms with E-state index in [-0.39, 0.29) is 12.3 Å². The summed E-state index contributed by atoms with van der Waals surface area (Å²) in [7, 11) is 1.83. The SMILES string of the molecule is Cn1ncc(Cl)c1-c1cc(NC(=O)Cc2ccc(Cl)cc2)ccc1OCCN1CCCC1. The first-order chi connectivity index (χ1) is 15.5. The Morgan fingerprint density at radius 3 is 2.56 bits per heavy atom. The van der Waals surface area contributed by atoms with Crippen LogP contribution in [0.15, 0.2) is 48.7 Å². The van der Waals surface area contributed by atoms with Crippen molar-refractivity contribution in [3.8, 4) is 17.0 Å². The molecule has 0 aliphatic carbocycles. The number of likely N-dealkylation sites (tertiary alicyclic amines) is 1. The minimum Gasteiger partial charge on any atom is -0.492 e. The van der Waals surface area contributed by atoms with Crippen molar-refractivity contribution in [2.45, 2.75) is 19.3 Å². The molecule has 2 aromatic carbocycles. The number of nitrogens with zero attached hydrogens (tertiary/aromatic N) is 3. The number of amides is 1. The molecule has 1 aliphatic rings. The first kappa shape index (κ1) is 22.6. The number of ether oxygens (including phenoxy) is 1. The van der Waals surface area contributed by atoms with Crippen LogP contribution in [-0.2, 0) is 18.3 Å². The molecule has 2 heterocycles. The van der Waals surface area contributed by atoms with Crippen LogP contribution in [0.3, 0.4) is 0 Å². The minimum absolute atomic E-state index is 0.114. The highest BCUT2D eigenvalue weighted by Crippen LogP contribution is 2.36. The predicted molar refractivity (Wildman–Crippen MR) is 129 cm³/mol. The molecule has 1 aliphatic heterocycles. The van der Waals surface area contributed by atoms with Gasteiger partial charge in [0.15, 0.2) is 0 Å². The smallest absolute Gasteiger partial charge is 0.228 e. The molecule has 3 aromatic rings. The van der Waals surface area contributed by atoms with Crippen molar-refractivity contribution in [2.24, 2.45) is 7.05 Å². The number of aromatic nitrogens is 2. The third-order valence-corrected chi connectivity index (χ3v) is 6.08. The van der Waals surface area contributed by atoms with Crippen molar-refractivity contribution in [2.75, 3.05) is 31.6 Å². The van der Waals surface area contributed by atoms with Gasteiger partial charge in [-0.1, -0.05) is 35.3 Å².